The van der Waals surface area contributed by atoms with E-state index in [0.29, 0.717) is 11.4 Å². The van der Waals surface area contributed by atoms with E-state index >= 15 is 0 Å². The summed E-state index contributed by atoms with van der Waals surface area (Å²) in [6.07, 6.45) is 2.06. The molecule has 0 atom stereocenters. The summed E-state index contributed by atoms with van der Waals surface area (Å²) < 4.78 is 9.86. The highest BCUT2D eigenvalue weighted by atomic mass is 16.5. The van der Waals surface area contributed by atoms with Gasteiger partial charge in [-0.3, -0.25) is 9.59 Å². The molecule has 2 aromatic carbocycles. The van der Waals surface area contributed by atoms with Crippen molar-refractivity contribution in [2.24, 2.45) is 5.18 Å². The number of esters is 2. The standard InChI is InChI=1S/C24H21N3O7/c1-3-18(28)33-12-10-25-15-8-9-16(26-11-13-34-19(29)4-2)22-21(15)23(30)14-6-5-7-17(27-32)20(14)24(22)31/h3-9,25-26H,1-2,10-13H2. The zero-order valence-electron chi connectivity index (χ0n) is 18.1. The van der Waals surface area contributed by atoms with Gasteiger partial charge in [0.15, 0.2) is 11.6 Å². The number of hydrogen-bond donors (Lipinski definition) is 2. The van der Waals surface area contributed by atoms with Crippen LogP contribution in [-0.4, -0.2) is 49.8 Å². The van der Waals surface area contributed by atoms with Gasteiger partial charge in [-0.2, -0.15) is 0 Å². The summed E-state index contributed by atoms with van der Waals surface area (Å²) in [5.74, 6) is -2.20. The molecule has 0 bridgehead atoms. The quantitative estimate of drug-likeness (QED) is 0.190. The van der Waals surface area contributed by atoms with E-state index in [-0.39, 0.29) is 54.2 Å². The largest absolute Gasteiger partial charge is 0.461 e. The van der Waals surface area contributed by atoms with Crippen LogP contribution < -0.4 is 10.6 Å². The fourth-order valence-electron chi connectivity index (χ4n) is 3.47. The first-order chi connectivity index (χ1) is 16.4. The second-order valence-corrected chi connectivity index (χ2v) is 6.96. The van der Waals surface area contributed by atoms with Crippen LogP contribution in [0.3, 0.4) is 0 Å². The summed E-state index contributed by atoms with van der Waals surface area (Å²) >= 11 is 0. The Balaban J connectivity index is 1.96. The minimum atomic E-state index is -0.595. The number of rotatable bonds is 11. The molecule has 0 radical (unpaired) electrons. The van der Waals surface area contributed by atoms with Crippen molar-refractivity contribution in [3.8, 4) is 0 Å². The molecule has 2 aromatic rings. The lowest BCUT2D eigenvalue weighted by Gasteiger charge is -2.24. The summed E-state index contributed by atoms with van der Waals surface area (Å²) in [6.45, 7) is 6.95. The number of nitrogens with one attached hydrogen (secondary N) is 2. The lowest BCUT2D eigenvalue weighted by molar-refractivity contribution is -0.138. The minimum Gasteiger partial charge on any atom is -0.461 e. The van der Waals surface area contributed by atoms with Crippen LogP contribution in [0.25, 0.3) is 0 Å². The third-order valence-electron chi connectivity index (χ3n) is 4.93. The first kappa shape index (κ1) is 24.1. The number of anilines is 2. The lowest BCUT2D eigenvalue weighted by atomic mass is 9.81. The number of hydrogen-bond acceptors (Lipinski definition) is 10. The molecule has 0 fully saturated rings. The zero-order chi connectivity index (χ0) is 24.7. The maximum Gasteiger partial charge on any atom is 0.330 e. The Labute approximate surface area is 194 Å². The van der Waals surface area contributed by atoms with Crippen molar-refractivity contribution < 1.29 is 28.7 Å². The van der Waals surface area contributed by atoms with Gasteiger partial charge in [-0.15, -0.1) is 4.91 Å². The van der Waals surface area contributed by atoms with Crippen LogP contribution in [0, 0.1) is 4.91 Å². The number of ketones is 2. The van der Waals surface area contributed by atoms with Crippen molar-refractivity contribution in [2.75, 3.05) is 36.9 Å². The lowest BCUT2D eigenvalue weighted by Crippen LogP contribution is -2.25. The highest BCUT2D eigenvalue weighted by Gasteiger charge is 2.36. The molecular weight excluding hydrogens is 442 g/mol. The van der Waals surface area contributed by atoms with Crippen molar-refractivity contribution in [2.45, 2.75) is 0 Å². The van der Waals surface area contributed by atoms with Gasteiger partial charge in [-0.05, 0) is 23.4 Å². The van der Waals surface area contributed by atoms with Crippen molar-refractivity contribution in [1.82, 2.24) is 0 Å². The van der Waals surface area contributed by atoms with E-state index in [9.17, 15) is 24.1 Å². The molecule has 0 amide bonds. The Hall–Kier alpha value is -4.60. The molecule has 1 aliphatic carbocycles. The summed E-state index contributed by atoms with van der Waals surface area (Å²) in [6, 6.07) is 7.48. The first-order valence-electron chi connectivity index (χ1n) is 10.2. The monoisotopic (exact) mass is 463 g/mol. The molecule has 0 aliphatic heterocycles. The normalized spacial score (nSPS) is 11.5. The molecule has 0 unspecified atom stereocenters. The van der Waals surface area contributed by atoms with Gasteiger partial charge in [-0.25, -0.2) is 9.59 Å². The van der Waals surface area contributed by atoms with Gasteiger partial charge < -0.3 is 20.1 Å². The number of carbonyl (C=O) groups is 4. The van der Waals surface area contributed by atoms with Crippen LogP contribution in [0.1, 0.15) is 31.8 Å². The van der Waals surface area contributed by atoms with E-state index in [2.05, 4.69) is 29.0 Å². The zero-order valence-corrected chi connectivity index (χ0v) is 18.1. The van der Waals surface area contributed by atoms with E-state index in [0.717, 1.165) is 12.2 Å². The van der Waals surface area contributed by atoms with Crippen molar-refractivity contribution in [3.63, 3.8) is 0 Å². The smallest absolute Gasteiger partial charge is 0.330 e. The molecule has 10 nitrogen and oxygen atoms in total. The van der Waals surface area contributed by atoms with Crippen LogP contribution in [0.2, 0.25) is 0 Å². The number of nitrogens with zero attached hydrogens (tertiary/aromatic N) is 1. The predicted molar refractivity (Wildman–Crippen MR) is 124 cm³/mol. The topological polar surface area (TPSA) is 140 Å². The molecule has 2 N–H and O–H groups in total. The molecular formula is C24H21N3O7. The molecule has 1 aliphatic rings. The average molecular weight is 463 g/mol. The van der Waals surface area contributed by atoms with Gasteiger partial charge in [0, 0.05) is 42.2 Å². The Morgan fingerprint density at radius 3 is 1.85 bits per heavy atom. The van der Waals surface area contributed by atoms with Gasteiger partial charge in [0.2, 0.25) is 0 Å². The summed E-state index contributed by atoms with van der Waals surface area (Å²) in [4.78, 5) is 60.6. The van der Waals surface area contributed by atoms with E-state index in [1.54, 1.807) is 12.1 Å². The third-order valence-corrected chi connectivity index (χ3v) is 4.93. The Kier molecular flexibility index (Phi) is 7.65. The highest BCUT2D eigenvalue weighted by Crippen LogP contribution is 2.39. The highest BCUT2D eigenvalue weighted by molar-refractivity contribution is 6.33. The van der Waals surface area contributed by atoms with Gasteiger partial charge in [0.1, 0.15) is 18.9 Å². The second kappa shape index (κ2) is 10.8. The van der Waals surface area contributed by atoms with E-state index in [4.69, 9.17) is 9.47 Å². The number of benzene rings is 2. The fraction of sp³-hybridized carbons (Fsp3) is 0.167. The van der Waals surface area contributed by atoms with Gasteiger partial charge >= 0.3 is 11.9 Å². The fourth-order valence-corrected chi connectivity index (χ4v) is 3.47. The van der Waals surface area contributed by atoms with Crippen LogP contribution in [0.4, 0.5) is 17.1 Å². The predicted octanol–water partition coefficient (Wildman–Crippen LogP) is 3.14. The SMILES string of the molecule is C=CC(=O)OCCNc1ccc(NCCOC(=O)C=C)c2c1C(=O)c1cccc(N=O)c1C2=O. The average Bonchev–Trinajstić information content (AvgIpc) is 2.86. The molecule has 0 spiro atoms. The number of fused-ring (bicyclic) bond motifs is 2. The first-order valence-corrected chi connectivity index (χ1v) is 10.2. The maximum absolute atomic E-state index is 13.5. The molecule has 0 aromatic heterocycles. The molecule has 34 heavy (non-hydrogen) atoms. The molecule has 174 valence electrons. The molecule has 0 heterocycles. The second-order valence-electron chi connectivity index (χ2n) is 6.96. The minimum absolute atomic E-state index is 0.00579. The molecule has 0 saturated carbocycles. The summed E-state index contributed by atoms with van der Waals surface area (Å²) in [5.41, 5.74) is 0.670. The van der Waals surface area contributed by atoms with Crippen LogP contribution in [-0.2, 0) is 19.1 Å². The number of carbonyl (C=O) groups excluding carboxylic acids is 4. The van der Waals surface area contributed by atoms with Crippen molar-refractivity contribution in [1.29, 1.82) is 0 Å². The van der Waals surface area contributed by atoms with E-state index < -0.39 is 23.5 Å². The van der Waals surface area contributed by atoms with E-state index in [1.165, 1.54) is 18.2 Å². The van der Waals surface area contributed by atoms with E-state index in [1.807, 2.05) is 0 Å². The maximum atomic E-state index is 13.5. The van der Waals surface area contributed by atoms with Crippen LogP contribution in [0.5, 0.6) is 0 Å². The summed E-state index contributed by atoms with van der Waals surface area (Å²) in [7, 11) is 0. The van der Waals surface area contributed by atoms with Gasteiger partial charge in [0.25, 0.3) is 0 Å². The van der Waals surface area contributed by atoms with Gasteiger partial charge in [-0.1, -0.05) is 25.3 Å². The molecule has 0 saturated heterocycles. The Morgan fingerprint density at radius 1 is 0.824 bits per heavy atom. The van der Waals surface area contributed by atoms with Crippen molar-refractivity contribution >= 4 is 40.6 Å². The Morgan fingerprint density at radius 2 is 1.35 bits per heavy atom. The molecule has 3 rings (SSSR count). The number of ether oxygens (including phenoxy) is 2. The summed E-state index contributed by atoms with van der Waals surface area (Å²) in [5, 5.41) is 8.89. The molecule has 10 heteroatoms. The number of nitroso groups, excluding NO2 is 1. The van der Waals surface area contributed by atoms with Crippen LogP contribution in [0.15, 0.2) is 60.8 Å². The van der Waals surface area contributed by atoms with Crippen molar-refractivity contribution in [3.05, 3.63) is 82.8 Å². The van der Waals surface area contributed by atoms with Gasteiger partial charge in [0.05, 0.1) is 16.7 Å². The van der Waals surface area contributed by atoms with Crippen LogP contribution >= 0.6 is 0 Å². The Bertz CT molecular complexity index is 1200. The third kappa shape index (κ3) is 4.90.